The first-order chi connectivity index (χ1) is 8.47. The van der Waals surface area contributed by atoms with Crippen molar-refractivity contribution in [2.75, 3.05) is 19.8 Å². The number of alkyl carbamates (subject to hydrolysis) is 1. The fourth-order valence-corrected chi connectivity index (χ4v) is 2.10. The second kappa shape index (κ2) is 7.62. The van der Waals surface area contributed by atoms with Crippen LogP contribution in [0.25, 0.3) is 0 Å². The highest BCUT2D eigenvalue weighted by atomic mass is 16.6. The maximum Gasteiger partial charge on any atom is 0.407 e. The maximum absolute atomic E-state index is 11.4. The molecule has 0 saturated carbocycles. The molecule has 1 amide bonds. The highest BCUT2D eigenvalue weighted by Crippen LogP contribution is 2.20. The number of nitrogens with one attached hydrogen (secondary N) is 1. The van der Waals surface area contributed by atoms with Gasteiger partial charge in [0.05, 0.1) is 0 Å². The molecule has 1 N–H and O–H groups in total. The van der Waals surface area contributed by atoms with Crippen molar-refractivity contribution in [1.29, 1.82) is 0 Å². The Kier molecular flexibility index (Phi) is 6.47. The Morgan fingerprint density at radius 1 is 1.28 bits per heavy atom. The Morgan fingerprint density at radius 3 is 2.56 bits per heavy atom. The van der Waals surface area contributed by atoms with Gasteiger partial charge in [0, 0.05) is 19.8 Å². The summed E-state index contributed by atoms with van der Waals surface area (Å²) in [7, 11) is 0. The third-order valence-corrected chi connectivity index (χ3v) is 3.05. The number of ether oxygens (including phenoxy) is 2. The number of hydrogen-bond acceptors (Lipinski definition) is 3. The number of carbonyl (C=O) groups excluding carboxylic acids is 1. The highest BCUT2D eigenvalue weighted by Gasteiger charge is 2.16. The molecular formula is C14H27NO3. The average Bonchev–Trinajstić information content (AvgIpc) is 2.27. The van der Waals surface area contributed by atoms with E-state index >= 15 is 0 Å². The fraction of sp³-hybridized carbons (Fsp3) is 0.929. The van der Waals surface area contributed by atoms with Crippen molar-refractivity contribution in [3.8, 4) is 0 Å². The molecular weight excluding hydrogens is 230 g/mol. The molecule has 0 aromatic carbocycles. The van der Waals surface area contributed by atoms with E-state index in [-0.39, 0.29) is 6.09 Å². The summed E-state index contributed by atoms with van der Waals surface area (Å²) < 4.78 is 10.5. The summed E-state index contributed by atoms with van der Waals surface area (Å²) in [4.78, 5) is 11.4. The molecule has 0 bridgehead atoms. The van der Waals surface area contributed by atoms with Crippen LogP contribution in [0.15, 0.2) is 0 Å². The van der Waals surface area contributed by atoms with Crippen molar-refractivity contribution >= 4 is 6.09 Å². The topological polar surface area (TPSA) is 47.6 Å². The predicted molar refractivity (Wildman–Crippen MR) is 71.6 cm³/mol. The molecule has 4 heteroatoms. The van der Waals surface area contributed by atoms with Gasteiger partial charge in [-0.25, -0.2) is 4.79 Å². The summed E-state index contributed by atoms with van der Waals surface area (Å²) in [6, 6.07) is 0. The van der Waals surface area contributed by atoms with Crippen LogP contribution < -0.4 is 5.32 Å². The monoisotopic (exact) mass is 257 g/mol. The summed E-state index contributed by atoms with van der Waals surface area (Å²) in [5, 5.41) is 2.79. The zero-order valence-electron chi connectivity index (χ0n) is 12.0. The van der Waals surface area contributed by atoms with Crippen molar-refractivity contribution in [3.63, 3.8) is 0 Å². The lowest BCUT2D eigenvalue weighted by Crippen LogP contribution is -2.33. The minimum atomic E-state index is -0.411. The van der Waals surface area contributed by atoms with E-state index in [0.29, 0.717) is 6.54 Å². The number of carbonyl (C=O) groups is 1. The number of rotatable bonds is 5. The molecule has 1 saturated heterocycles. The van der Waals surface area contributed by atoms with E-state index in [4.69, 9.17) is 9.47 Å². The Labute approximate surface area is 110 Å². The fourth-order valence-electron chi connectivity index (χ4n) is 2.10. The van der Waals surface area contributed by atoms with E-state index in [1.807, 2.05) is 20.8 Å². The van der Waals surface area contributed by atoms with Gasteiger partial charge in [0.1, 0.15) is 5.60 Å². The van der Waals surface area contributed by atoms with Crippen LogP contribution in [0.4, 0.5) is 4.79 Å². The zero-order valence-corrected chi connectivity index (χ0v) is 12.0. The molecule has 1 heterocycles. The third kappa shape index (κ3) is 7.54. The molecule has 1 fully saturated rings. The van der Waals surface area contributed by atoms with Crippen LogP contribution in [-0.4, -0.2) is 31.5 Å². The summed E-state index contributed by atoms with van der Waals surface area (Å²) in [5.74, 6) is 0.820. The van der Waals surface area contributed by atoms with Gasteiger partial charge < -0.3 is 14.8 Å². The van der Waals surface area contributed by atoms with E-state index in [9.17, 15) is 4.79 Å². The Balaban J connectivity index is 1.96. The predicted octanol–water partition coefficient (Wildman–Crippen LogP) is 3.11. The number of unbranched alkanes of at least 4 members (excludes halogenated alkanes) is 1. The second-order valence-corrected chi connectivity index (χ2v) is 5.98. The van der Waals surface area contributed by atoms with Crippen molar-refractivity contribution < 1.29 is 14.3 Å². The summed E-state index contributed by atoms with van der Waals surface area (Å²) in [5.41, 5.74) is -0.411. The van der Waals surface area contributed by atoms with Crippen molar-refractivity contribution in [2.24, 2.45) is 5.92 Å². The largest absolute Gasteiger partial charge is 0.444 e. The molecule has 0 unspecified atom stereocenters. The van der Waals surface area contributed by atoms with Crippen LogP contribution >= 0.6 is 0 Å². The summed E-state index contributed by atoms with van der Waals surface area (Å²) >= 11 is 0. The third-order valence-electron chi connectivity index (χ3n) is 3.05. The minimum Gasteiger partial charge on any atom is -0.444 e. The molecule has 1 rings (SSSR count). The van der Waals surface area contributed by atoms with Crippen molar-refractivity contribution in [3.05, 3.63) is 0 Å². The van der Waals surface area contributed by atoms with Crippen LogP contribution in [0, 0.1) is 5.92 Å². The van der Waals surface area contributed by atoms with Gasteiger partial charge in [-0.15, -0.1) is 0 Å². The van der Waals surface area contributed by atoms with E-state index in [2.05, 4.69) is 5.32 Å². The van der Waals surface area contributed by atoms with Gasteiger partial charge in [0.15, 0.2) is 0 Å². The molecule has 1 aliphatic rings. The van der Waals surface area contributed by atoms with Gasteiger partial charge in [0.2, 0.25) is 0 Å². The Morgan fingerprint density at radius 2 is 1.94 bits per heavy atom. The van der Waals surface area contributed by atoms with Gasteiger partial charge in [-0.1, -0.05) is 12.8 Å². The normalized spacial score (nSPS) is 17.5. The first-order valence-corrected chi connectivity index (χ1v) is 7.02. The molecule has 0 aromatic heterocycles. The molecule has 0 radical (unpaired) electrons. The zero-order chi connectivity index (χ0) is 13.4. The molecule has 18 heavy (non-hydrogen) atoms. The number of amides is 1. The molecule has 0 aromatic rings. The van der Waals surface area contributed by atoms with Crippen LogP contribution in [0.2, 0.25) is 0 Å². The molecule has 0 aliphatic carbocycles. The highest BCUT2D eigenvalue weighted by molar-refractivity contribution is 5.67. The van der Waals surface area contributed by atoms with Crippen LogP contribution in [0.3, 0.4) is 0 Å². The van der Waals surface area contributed by atoms with Gasteiger partial charge >= 0.3 is 6.09 Å². The Bertz CT molecular complexity index is 242. The second-order valence-electron chi connectivity index (χ2n) is 5.98. The van der Waals surface area contributed by atoms with Gasteiger partial charge in [0.25, 0.3) is 0 Å². The first-order valence-electron chi connectivity index (χ1n) is 7.02. The lowest BCUT2D eigenvalue weighted by Gasteiger charge is -2.22. The molecule has 0 atom stereocenters. The molecule has 0 spiro atoms. The van der Waals surface area contributed by atoms with Gasteiger partial charge in [-0.05, 0) is 46.0 Å². The molecule has 4 nitrogen and oxygen atoms in total. The average molecular weight is 257 g/mol. The van der Waals surface area contributed by atoms with Crippen molar-refractivity contribution in [1.82, 2.24) is 5.32 Å². The van der Waals surface area contributed by atoms with E-state index in [0.717, 1.165) is 25.6 Å². The Hall–Kier alpha value is -0.770. The summed E-state index contributed by atoms with van der Waals surface area (Å²) in [6.45, 7) is 8.16. The van der Waals surface area contributed by atoms with E-state index in [1.54, 1.807) is 0 Å². The summed E-state index contributed by atoms with van der Waals surface area (Å²) in [6.07, 6.45) is 5.52. The van der Waals surface area contributed by atoms with Crippen LogP contribution in [-0.2, 0) is 9.47 Å². The smallest absolute Gasteiger partial charge is 0.407 e. The molecule has 1 aliphatic heterocycles. The number of hydrogen-bond donors (Lipinski definition) is 1. The van der Waals surface area contributed by atoms with Gasteiger partial charge in [-0.3, -0.25) is 0 Å². The SMILES string of the molecule is CC(C)(C)OC(=O)NCCCCC1CCOCC1. The van der Waals surface area contributed by atoms with Crippen molar-refractivity contribution in [2.45, 2.75) is 58.5 Å². The first kappa shape index (κ1) is 15.3. The van der Waals surface area contributed by atoms with Gasteiger partial charge in [-0.2, -0.15) is 0 Å². The molecule has 106 valence electrons. The maximum atomic E-state index is 11.4. The van der Waals surface area contributed by atoms with E-state index < -0.39 is 5.60 Å². The van der Waals surface area contributed by atoms with Crippen LogP contribution in [0.1, 0.15) is 52.9 Å². The minimum absolute atomic E-state index is 0.312. The quantitative estimate of drug-likeness (QED) is 0.770. The standard InChI is InChI=1S/C14H27NO3/c1-14(2,3)18-13(16)15-9-5-4-6-12-7-10-17-11-8-12/h12H,4-11H2,1-3H3,(H,15,16). The lowest BCUT2D eigenvalue weighted by molar-refractivity contribution is 0.0525. The van der Waals surface area contributed by atoms with Crippen LogP contribution in [0.5, 0.6) is 0 Å². The van der Waals surface area contributed by atoms with E-state index in [1.165, 1.54) is 25.7 Å². The lowest BCUT2D eigenvalue weighted by atomic mass is 9.94.